The van der Waals surface area contributed by atoms with Gasteiger partial charge in [-0.2, -0.15) is 0 Å². The Morgan fingerprint density at radius 1 is 1.09 bits per heavy atom. The summed E-state index contributed by atoms with van der Waals surface area (Å²) in [6.45, 7) is 7.14. The molecule has 0 unspecified atom stereocenters. The summed E-state index contributed by atoms with van der Waals surface area (Å²) < 4.78 is 10.2. The molecule has 0 bridgehead atoms. The molecule has 1 atom stereocenters. The number of fused-ring (bicyclic) bond motifs is 1. The molecule has 1 amide bonds. The van der Waals surface area contributed by atoms with Crippen molar-refractivity contribution in [2.75, 3.05) is 18.5 Å². The highest BCUT2D eigenvalue weighted by Crippen LogP contribution is 2.35. The van der Waals surface area contributed by atoms with Crippen molar-refractivity contribution in [3.63, 3.8) is 0 Å². The molecule has 8 nitrogen and oxygen atoms in total. The predicted molar refractivity (Wildman–Crippen MR) is 124 cm³/mol. The van der Waals surface area contributed by atoms with Crippen LogP contribution in [0.15, 0.2) is 35.6 Å². The van der Waals surface area contributed by atoms with Crippen LogP contribution in [0.5, 0.6) is 0 Å². The van der Waals surface area contributed by atoms with Crippen LogP contribution in [-0.4, -0.2) is 46.3 Å². The zero-order valence-electron chi connectivity index (χ0n) is 18.1. The monoisotopic (exact) mass is 473 g/mol. The second-order valence-corrected chi connectivity index (χ2v) is 9.00. The smallest absolute Gasteiger partial charge is 0.348 e. The molecule has 1 N–H and O–H groups in total. The van der Waals surface area contributed by atoms with E-state index in [1.165, 1.54) is 18.1 Å². The van der Waals surface area contributed by atoms with Crippen molar-refractivity contribution in [1.82, 2.24) is 9.97 Å². The summed E-state index contributed by atoms with van der Waals surface area (Å²) >= 11 is 2.28. The Morgan fingerprint density at radius 2 is 1.78 bits per heavy atom. The lowest BCUT2D eigenvalue weighted by atomic mass is 10.1. The molecule has 3 rings (SSSR count). The van der Waals surface area contributed by atoms with Crippen molar-refractivity contribution < 1.29 is 23.9 Å². The van der Waals surface area contributed by atoms with E-state index >= 15 is 0 Å². The number of amides is 1. The fourth-order valence-corrected chi connectivity index (χ4v) is 4.95. The number of benzene rings is 1. The summed E-state index contributed by atoms with van der Waals surface area (Å²) in [5, 5.41) is 4.04. The summed E-state index contributed by atoms with van der Waals surface area (Å²) in [6, 6.07) is 7.55. The largest absolute Gasteiger partial charge is 0.462 e. The van der Waals surface area contributed by atoms with Crippen molar-refractivity contribution in [3.8, 4) is 0 Å². The first-order valence-corrected chi connectivity index (χ1v) is 11.7. The minimum absolute atomic E-state index is 0.165. The highest BCUT2D eigenvalue weighted by molar-refractivity contribution is 8.00. The van der Waals surface area contributed by atoms with Gasteiger partial charge < -0.3 is 14.8 Å². The van der Waals surface area contributed by atoms with Gasteiger partial charge in [0.15, 0.2) is 0 Å². The first kappa shape index (κ1) is 23.7. The first-order valence-electron chi connectivity index (χ1n) is 10.0. The maximum atomic E-state index is 13.0. The van der Waals surface area contributed by atoms with Gasteiger partial charge in [0, 0.05) is 5.39 Å². The third-order valence-electron chi connectivity index (χ3n) is 4.49. The number of esters is 2. The van der Waals surface area contributed by atoms with E-state index in [1.807, 2.05) is 24.3 Å². The van der Waals surface area contributed by atoms with Crippen molar-refractivity contribution in [3.05, 3.63) is 46.6 Å². The topological polar surface area (TPSA) is 107 Å². The number of hydrogen-bond acceptors (Lipinski definition) is 9. The highest BCUT2D eigenvalue weighted by Gasteiger charge is 2.28. The zero-order valence-corrected chi connectivity index (χ0v) is 19.8. The first-order chi connectivity index (χ1) is 15.4. The SMILES string of the molecule is CCOC(=O)c1sc(NC(=O)[C@@H](C)Sc2ncnc3ccccc23)c(C(=O)OCC)c1C. The molecule has 0 aliphatic heterocycles. The minimum atomic E-state index is -0.603. The maximum Gasteiger partial charge on any atom is 0.348 e. The van der Waals surface area contributed by atoms with Gasteiger partial charge in [0.2, 0.25) is 5.91 Å². The Kier molecular flexibility index (Phi) is 7.81. The van der Waals surface area contributed by atoms with E-state index in [0.717, 1.165) is 22.2 Å². The molecule has 0 fully saturated rings. The van der Waals surface area contributed by atoms with Gasteiger partial charge in [-0.15, -0.1) is 11.3 Å². The van der Waals surface area contributed by atoms with Crippen LogP contribution in [0.2, 0.25) is 0 Å². The summed E-state index contributed by atoms with van der Waals surface area (Å²) in [5.41, 5.74) is 1.37. The quantitative estimate of drug-likeness (QED) is 0.290. The van der Waals surface area contributed by atoms with Crippen molar-refractivity contribution in [2.45, 2.75) is 38.0 Å². The van der Waals surface area contributed by atoms with Crippen molar-refractivity contribution >= 4 is 56.8 Å². The molecule has 0 spiro atoms. The lowest BCUT2D eigenvalue weighted by Gasteiger charge is -2.13. The highest BCUT2D eigenvalue weighted by atomic mass is 32.2. The molecule has 32 heavy (non-hydrogen) atoms. The molecule has 3 aromatic rings. The van der Waals surface area contributed by atoms with E-state index in [0.29, 0.717) is 10.6 Å². The van der Waals surface area contributed by atoms with Crippen LogP contribution in [0.25, 0.3) is 10.9 Å². The van der Waals surface area contributed by atoms with Gasteiger partial charge in [-0.05, 0) is 39.3 Å². The number of rotatable bonds is 8. The molecule has 10 heteroatoms. The number of anilines is 1. The van der Waals surface area contributed by atoms with Crippen LogP contribution < -0.4 is 5.32 Å². The molecule has 0 aliphatic carbocycles. The predicted octanol–water partition coefficient (Wildman–Crippen LogP) is 4.47. The van der Waals surface area contributed by atoms with Gasteiger partial charge in [-0.1, -0.05) is 30.0 Å². The standard InChI is InChI=1S/C22H23N3O5S2/c1-5-29-21(27)16-12(3)17(22(28)30-6-2)32-20(16)25-18(26)13(4)31-19-14-9-7-8-10-15(14)23-11-24-19/h7-11,13H,5-6H2,1-4H3,(H,25,26)/t13-/m1/s1. The van der Waals surface area contributed by atoms with E-state index < -0.39 is 17.2 Å². The molecule has 2 heterocycles. The van der Waals surface area contributed by atoms with Gasteiger partial charge >= 0.3 is 11.9 Å². The van der Waals surface area contributed by atoms with Crippen LogP contribution in [0.1, 0.15) is 46.4 Å². The number of carbonyl (C=O) groups is 3. The number of hydrogen-bond donors (Lipinski definition) is 1. The fraction of sp³-hybridized carbons (Fsp3) is 0.318. The molecule has 168 valence electrons. The van der Waals surface area contributed by atoms with Gasteiger partial charge in [-0.3, -0.25) is 4.79 Å². The minimum Gasteiger partial charge on any atom is -0.462 e. The average molecular weight is 474 g/mol. The summed E-state index contributed by atoms with van der Waals surface area (Å²) in [5.74, 6) is -1.48. The average Bonchev–Trinajstić information content (AvgIpc) is 3.10. The molecule has 0 saturated heterocycles. The van der Waals surface area contributed by atoms with Crippen LogP contribution in [0, 0.1) is 6.92 Å². The van der Waals surface area contributed by atoms with Crippen molar-refractivity contribution in [2.24, 2.45) is 0 Å². The Hall–Kier alpha value is -2.98. The van der Waals surface area contributed by atoms with E-state index in [9.17, 15) is 14.4 Å². The van der Waals surface area contributed by atoms with Crippen LogP contribution in [0.4, 0.5) is 5.00 Å². The van der Waals surface area contributed by atoms with Crippen LogP contribution in [0.3, 0.4) is 0 Å². The number of nitrogens with zero attached hydrogens (tertiary/aromatic N) is 2. The number of nitrogens with one attached hydrogen (secondary N) is 1. The van der Waals surface area contributed by atoms with Crippen LogP contribution in [-0.2, 0) is 14.3 Å². The van der Waals surface area contributed by atoms with E-state index in [2.05, 4.69) is 15.3 Å². The van der Waals surface area contributed by atoms with Gasteiger partial charge in [0.05, 0.1) is 29.5 Å². The van der Waals surface area contributed by atoms with E-state index in [4.69, 9.17) is 9.47 Å². The van der Waals surface area contributed by atoms with Gasteiger partial charge in [-0.25, -0.2) is 19.6 Å². The second-order valence-electron chi connectivity index (χ2n) is 6.65. The number of para-hydroxylation sites is 1. The Morgan fingerprint density at radius 3 is 2.50 bits per heavy atom. The Labute approximate surface area is 193 Å². The summed E-state index contributed by atoms with van der Waals surface area (Å²) in [6.07, 6.45) is 1.46. The zero-order chi connectivity index (χ0) is 23.3. The second kappa shape index (κ2) is 10.6. The lowest BCUT2D eigenvalue weighted by Crippen LogP contribution is -2.23. The normalized spacial score (nSPS) is 11.8. The maximum absolute atomic E-state index is 13.0. The third kappa shape index (κ3) is 5.08. The summed E-state index contributed by atoms with van der Waals surface area (Å²) in [4.78, 5) is 46.6. The molecule has 1 aromatic carbocycles. The molecule has 2 aromatic heterocycles. The molecule has 0 radical (unpaired) electrons. The van der Waals surface area contributed by atoms with Crippen molar-refractivity contribution in [1.29, 1.82) is 0 Å². The molecular weight excluding hydrogens is 450 g/mol. The number of carbonyl (C=O) groups excluding carboxylic acids is 3. The fourth-order valence-electron chi connectivity index (χ4n) is 2.95. The van der Waals surface area contributed by atoms with E-state index in [-0.39, 0.29) is 34.6 Å². The van der Waals surface area contributed by atoms with Gasteiger partial charge in [0.25, 0.3) is 0 Å². The number of thiophene rings is 1. The van der Waals surface area contributed by atoms with E-state index in [1.54, 1.807) is 27.7 Å². The number of ether oxygens (including phenoxy) is 2. The van der Waals surface area contributed by atoms with Gasteiger partial charge in [0.1, 0.15) is 21.2 Å². The Bertz CT molecular complexity index is 1160. The molecule has 0 saturated carbocycles. The molecule has 0 aliphatic rings. The van der Waals surface area contributed by atoms with Crippen LogP contribution >= 0.6 is 23.1 Å². The third-order valence-corrected chi connectivity index (χ3v) is 6.79. The molecular formula is C22H23N3O5S2. The number of thioether (sulfide) groups is 1. The lowest BCUT2D eigenvalue weighted by molar-refractivity contribution is -0.115. The summed E-state index contributed by atoms with van der Waals surface area (Å²) in [7, 11) is 0. The number of aromatic nitrogens is 2. The Balaban J connectivity index is 1.86.